The highest BCUT2D eigenvalue weighted by atomic mass is 16.6. The summed E-state index contributed by atoms with van der Waals surface area (Å²) in [7, 11) is 0. The van der Waals surface area contributed by atoms with Gasteiger partial charge in [0, 0.05) is 30.7 Å². The van der Waals surface area contributed by atoms with Crippen LogP contribution in [0.3, 0.4) is 0 Å². The Bertz CT molecular complexity index is 2010. The fraction of sp³-hybridized carbons (Fsp3) is 0.511. The molecule has 1 saturated carbocycles. The summed E-state index contributed by atoms with van der Waals surface area (Å²) in [5, 5.41) is 27.2. The molecule has 59 heavy (non-hydrogen) atoms. The predicted octanol–water partition coefficient (Wildman–Crippen LogP) is 5.64. The van der Waals surface area contributed by atoms with Crippen LogP contribution >= 0.6 is 0 Å². The van der Waals surface area contributed by atoms with Gasteiger partial charge >= 0.3 is 29.9 Å². The molecule has 2 amide bonds. The Morgan fingerprint density at radius 2 is 1.54 bits per heavy atom. The van der Waals surface area contributed by atoms with E-state index < -0.39 is 87.9 Å². The summed E-state index contributed by atoms with van der Waals surface area (Å²) in [6.45, 7) is 15.1. The van der Waals surface area contributed by atoms with Gasteiger partial charge in [-0.3, -0.25) is 19.2 Å². The first-order chi connectivity index (χ1) is 27.5. The Morgan fingerprint density at radius 3 is 2.07 bits per heavy atom. The third-order valence-electron chi connectivity index (χ3n) is 12.0. The zero-order valence-corrected chi connectivity index (χ0v) is 35.1. The van der Waals surface area contributed by atoms with Crippen LogP contribution in [0.25, 0.3) is 0 Å². The minimum absolute atomic E-state index is 0.0679. The zero-order valence-electron chi connectivity index (χ0n) is 35.1. The Morgan fingerprint density at radius 1 is 0.932 bits per heavy atom. The van der Waals surface area contributed by atoms with E-state index in [-0.39, 0.29) is 36.6 Å². The fourth-order valence-corrected chi connectivity index (χ4v) is 9.20. The lowest BCUT2D eigenvalue weighted by Gasteiger charge is -2.65. The quantitative estimate of drug-likeness (QED) is 0.145. The van der Waals surface area contributed by atoms with E-state index >= 15 is 0 Å². The van der Waals surface area contributed by atoms with Gasteiger partial charge in [0.25, 0.3) is 0 Å². The first-order valence-electron chi connectivity index (χ1n) is 19.7. The zero-order chi connectivity index (χ0) is 43.7. The van der Waals surface area contributed by atoms with Crippen molar-refractivity contribution in [2.75, 3.05) is 6.61 Å². The van der Waals surface area contributed by atoms with E-state index in [9.17, 15) is 33.9 Å². The molecule has 0 spiro atoms. The highest BCUT2D eigenvalue weighted by molar-refractivity contribution is 5.94. The van der Waals surface area contributed by atoms with Crippen LogP contribution in [0.4, 0.5) is 4.79 Å². The van der Waals surface area contributed by atoms with Crippen molar-refractivity contribution in [1.82, 2.24) is 10.6 Å². The van der Waals surface area contributed by atoms with E-state index in [4.69, 9.17) is 24.1 Å². The van der Waals surface area contributed by atoms with Crippen LogP contribution in [-0.4, -0.2) is 87.6 Å². The number of fused-ring (bicyclic) bond motifs is 5. The highest BCUT2D eigenvalue weighted by Crippen LogP contribution is 2.63. The first kappa shape index (κ1) is 44.8. The SMILES string of the molecule is CC(=O)O[C@H]1C(=O)[C@]2(C)C=C[C@H]3OC[C@@]3(OC(C)=O)C2[C@H](OC(=O)c2ccccc2)[C@]2(O)CC=C(C)C1C2(C)C.CC(C)(C)NC(=O)N[C@H](CC(=O)O)c1ccccc1. The second kappa shape index (κ2) is 16.7. The molecule has 4 N–H and O–H groups in total. The van der Waals surface area contributed by atoms with Crippen molar-refractivity contribution in [2.24, 2.45) is 22.7 Å². The molecule has 2 aromatic carbocycles. The van der Waals surface area contributed by atoms with Crippen molar-refractivity contribution in [3.63, 3.8) is 0 Å². The molecule has 2 unspecified atom stereocenters. The van der Waals surface area contributed by atoms with Gasteiger partial charge in [-0.2, -0.15) is 0 Å². The topological polar surface area (TPSA) is 204 Å². The lowest BCUT2D eigenvalue weighted by atomic mass is 9.45. The summed E-state index contributed by atoms with van der Waals surface area (Å²) in [5.41, 5.74) is -4.33. The van der Waals surface area contributed by atoms with Crippen molar-refractivity contribution in [1.29, 1.82) is 0 Å². The number of hydrogen-bond acceptors (Lipinski definition) is 11. The van der Waals surface area contributed by atoms with Crippen LogP contribution in [0.5, 0.6) is 0 Å². The van der Waals surface area contributed by atoms with Crippen molar-refractivity contribution in [3.8, 4) is 0 Å². The summed E-state index contributed by atoms with van der Waals surface area (Å²) in [6.07, 6.45) is 1.78. The van der Waals surface area contributed by atoms with Crippen LogP contribution < -0.4 is 10.6 Å². The number of hydrogen-bond donors (Lipinski definition) is 4. The molecule has 0 aromatic heterocycles. The van der Waals surface area contributed by atoms with E-state index in [2.05, 4.69) is 10.6 Å². The minimum atomic E-state index is -1.76. The number of carbonyl (C=O) groups is 6. The Labute approximate surface area is 344 Å². The summed E-state index contributed by atoms with van der Waals surface area (Å²) in [4.78, 5) is 75.8. The van der Waals surface area contributed by atoms with E-state index in [0.29, 0.717) is 0 Å². The third-order valence-corrected chi connectivity index (χ3v) is 12.0. The molecule has 0 radical (unpaired) electrons. The third kappa shape index (κ3) is 8.84. The first-order valence-corrected chi connectivity index (χ1v) is 19.7. The number of aliphatic hydroxyl groups is 1. The smallest absolute Gasteiger partial charge is 0.338 e. The van der Waals surface area contributed by atoms with Crippen molar-refractivity contribution < 1.29 is 57.9 Å². The molecular weight excluding hydrogens is 760 g/mol. The lowest BCUT2D eigenvalue weighted by molar-refractivity contribution is -0.309. The standard InChI is InChI=1S/C31H36O9.C14H20N2O3/c1-17-12-15-31(36)26(39-27(35)20-10-8-7-9-11-20)24-29(6,14-13-21-30(24,16-37-21)40-19(3)33)25(34)23(38-18(2)32)22(17)28(31,4)5;1-14(2,3)16-13(19)15-11(9-12(17)18)10-7-5-4-6-8-10/h7-14,21-24,26,36H,15-16H2,1-6H3;4-8,11H,9H2,1-3H3,(H,17,18)(H2,15,16,19)/t21-,22?,23-,24?,26+,29-,30+,31-;11-/m11/s1. The number of rotatable bonds is 8. The summed E-state index contributed by atoms with van der Waals surface area (Å²) in [6, 6.07) is 16.5. The van der Waals surface area contributed by atoms with Gasteiger partial charge in [0.2, 0.25) is 0 Å². The second-order valence-electron chi connectivity index (χ2n) is 17.7. The van der Waals surface area contributed by atoms with E-state index in [1.165, 1.54) is 13.8 Å². The van der Waals surface area contributed by atoms with Gasteiger partial charge in [-0.05, 0) is 58.7 Å². The molecule has 1 aliphatic heterocycles. The second-order valence-corrected chi connectivity index (χ2v) is 17.7. The van der Waals surface area contributed by atoms with Gasteiger partial charge in [-0.1, -0.05) is 86.2 Å². The lowest BCUT2D eigenvalue weighted by Crippen LogP contribution is -2.78. The number of ether oxygens (including phenoxy) is 4. The molecule has 2 fully saturated rings. The van der Waals surface area contributed by atoms with Gasteiger partial charge < -0.3 is 39.8 Å². The summed E-state index contributed by atoms with van der Waals surface area (Å²) >= 11 is 0. The van der Waals surface area contributed by atoms with Crippen molar-refractivity contribution >= 4 is 35.7 Å². The summed E-state index contributed by atoms with van der Waals surface area (Å²) in [5.74, 6) is -5.10. The fourth-order valence-electron chi connectivity index (χ4n) is 9.20. The van der Waals surface area contributed by atoms with Gasteiger partial charge in [0.05, 0.1) is 36.0 Å². The van der Waals surface area contributed by atoms with Crippen molar-refractivity contribution in [2.45, 2.75) is 116 Å². The predicted molar refractivity (Wildman–Crippen MR) is 215 cm³/mol. The van der Waals surface area contributed by atoms with Crippen LogP contribution in [0.1, 0.15) is 97.1 Å². The number of allylic oxidation sites excluding steroid dienone is 1. The van der Waals surface area contributed by atoms with Gasteiger partial charge in [-0.15, -0.1) is 0 Å². The Kier molecular flexibility index (Phi) is 12.7. The number of carboxylic acid groups (broad SMARTS) is 1. The molecule has 2 bridgehead atoms. The van der Waals surface area contributed by atoms with Crippen LogP contribution in [0.15, 0.2) is 84.5 Å². The molecule has 1 heterocycles. The molecule has 318 valence electrons. The number of urea groups is 1. The average molecular weight is 817 g/mol. The molecule has 3 aliphatic carbocycles. The van der Waals surface area contributed by atoms with Crippen LogP contribution in [-0.2, 0) is 38.1 Å². The van der Waals surface area contributed by atoms with E-state index in [1.54, 1.807) is 81.5 Å². The Hall–Kier alpha value is -5.34. The molecule has 9 atom stereocenters. The van der Waals surface area contributed by atoms with Crippen LogP contribution in [0.2, 0.25) is 0 Å². The maximum Gasteiger partial charge on any atom is 0.338 e. The normalized spacial score (nSPS) is 30.6. The van der Waals surface area contributed by atoms with E-state index in [0.717, 1.165) is 11.1 Å². The molecule has 2 aromatic rings. The number of carbonyl (C=O) groups excluding carboxylic acids is 5. The number of benzene rings is 2. The minimum Gasteiger partial charge on any atom is -0.481 e. The number of Topliss-reactive ketones (excluding diaryl/α,β-unsaturated/α-hetero) is 1. The maximum absolute atomic E-state index is 14.7. The van der Waals surface area contributed by atoms with Gasteiger partial charge in [-0.25, -0.2) is 9.59 Å². The van der Waals surface area contributed by atoms with Crippen LogP contribution in [0, 0.1) is 22.7 Å². The number of carboxylic acids is 1. The molecule has 1 saturated heterocycles. The number of esters is 3. The summed E-state index contributed by atoms with van der Waals surface area (Å²) < 4.78 is 23.8. The maximum atomic E-state index is 14.7. The Balaban J connectivity index is 0.000000293. The monoisotopic (exact) mass is 816 g/mol. The van der Waals surface area contributed by atoms with Crippen molar-refractivity contribution in [3.05, 3.63) is 95.6 Å². The number of nitrogens with one attached hydrogen (secondary N) is 2. The molecular formula is C45H56N2O12. The number of amides is 2. The molecule has 14 nitrogen and oxygen atoms in total. The van der Waals surface area contributed by atoms with E-state index in [1.807, 2.05) is 45.9 Å². The number of ketones is 1. The number of aliphatic carboxylic acids is 1. The molecule has 4 aliphatic rings. The largest absolute Gasteiger partial charge is 0.481 e. The molecule has 6 rings (SSSR count). The average Bonchev–Trinajstić information content (AvgIpc) is 3.13. The highest BCUT2D eigenvalue weighted by Gasteiger charge is 2.75. The molecule has 14 heteroatoms. The van der Waals surface area contributed by atoms with Gasteiger partial charge in [0.1, 0.15) is 17.8 Å². The van der Waals surface area contributed by atoms with Gasteiger partial charge in [0.15, 0.2) is 17.5 Å².